The molecule has 1 atom stereocenters. The number of esters is 1. The molecule has 3 heteroatoms. The van der Waals surface area contributed by atoms with E-state index in [2.05, 4.69) is 11.8 Å². The van der Waals surface area contributed by atoms with E-state index in [1.807, 2.05) is 31.2 Å². The van der Waals surface area contributed by atoms with Gasteiger partial charge in [-0.3, -0.25) is 0 Å². The highest BCUT2D eigenvalue weighted by atomic mass is 16.5. The Labute approximate surface area is 102 Å². The van der Waals surface area contributed by atoms with Gasteiger partial charge in [-0.25, -0.2) is 4.79 Å². The number of carbonyl (C=O) groups excluding carboxylic acids is 1. The largest absolute Gasteiger partial charge is 0.462 e. The van der Waals surface area contributed by atoms with Gasteiger partial charge >= 0.3 is 5.97 Å². The lowest BCUT2D eigenvalue weighted by Crippen LogP contribution is -2.26. The monoisotopic (exact) mass is 233 g/mol. The van der Waals surface area contributed by atoms with Gasteiger partial charge in [-0.2, -0.15) is 0 Å². The Morgan fingerprint density at radius 2 is 2.12 bits per heavy atom. The summed E-state index contributed by atoms with van der Waals surface area (Å²) >= 11 is 0. The topological polar surface area (TPSA) is 29.5 Å². The van der Waals surface area contributed by atoms with Gasteiger partial charge < -0.3 is 9.64 Å². The summed E-state index contributed by atoms with van der Waals surface area (Å²) in [5.41, 5.74) is 1.82. The van der Waals surface area contributed by atoms with E-state index in [9.17, 15) is 4.79 Å². The third-order valence-corrected chi connectivity index (χ3v) is 3.26. The minimum Gasteiger partial charge on any atom is -0.462 e. The molecule has 1 saturated heterocycles. The number of hydrogen-bond donors (Lipinski definition) is 0. The van der Waals surface area contributed by atoms with Crippen molar-refractivity contribution in [2.45, 2.75) is 32.7 Å². The molecule has 1 fully saturated rings. The molecule has 1 heterocycles. The molecule has 92 valence electrons. The maximum Gasteiger partial charge on any atom is 0.338 e. The average molecular weight is 233 g/mol. The lowest BCUT2D eigenvalue weighted by molar-refractivity contribution is 0.0526. The first-order valence-corrected chi connectivity index (χ1v) is 6.26. The van der Waals surface area contributed by atoms with E-state index in [1.165, 1.54) is 18.5 Å². The van der Waals surface area contributed by atoms with Crippen molar-refractivity contribution in [3.05, 3.63) is 29.8 Å². The van der Waals surface area contributed by atoms with Crippen molar-refractivity contribution in [1.82, 2.24) is 0 Å². The fraction of sp³-hybridized carbons (Fsp3) is 0.500. The molecular weight excluding hydrogens is 214 g/mol. The minimum absolute atomic E-state index is 0.242. The first-order valence-electron chi connectivity index (χ1n) is 6.26. The third-order valence-electron chi connectivity index (χ3n) is 3.26. The van der Waals surface area contributed by atoms with Gasteiger partial charge in [0.05, 0.1) is 12.2 Å². The molecule has 3 nitrogen and oxygen atoms in total. The summed E-state index contributed by atoms with van der Waals surface area (Å²) in [6.07, 6.45) is 2.50. The molecule has 0 spiro atoms. The van der Waals surface area contributed by atoms with Crippen LogP contribution in [-0.2, 0) is 4.74 Å². The molecule has 17 heavy (non-hydrogen) atoms. The fourth-order valence-electron chi connectivity index (χ4n) is 2.32. The molecule has 0 aromatic heterocycles. The van der Waals surface area contributed by atoms with Crippen LogP contribution in [0.4, 0.5) is 5.69 Å². The summed E-state index contributed by atoms with van der Waals surface area (Å²) in [6.45, 7) is 5.59. The van der Waals surface area contributed by atoms with Gasteiger partial charge in [0.1, 0.15) is 0 Å². The molecular formula is C14H19NO2. The van der Waals surface area contributed by atoms with E-state index in [0.717, 1.165) is 6.54 Å². The van der Waals surface area contributed by atoms with Crippen LogP contribution in [0, 0.1) is 0 Å². The van der Waals surface area contributed by atoms with Crippen molar-refractivity contribution in [3.8, 4) is 0 Å². The Morgan fingerprint density at radius 1 is 1.41 bits per heavy atom. The highest BCUT2D eigenvalue weighted by molar-refractivity contribution is 5.89. The second-order valence-electron chi connectivity index (χ2n) is 4.45. The summed E-state index contributed by atoms with van der Waals surface area (Å²) in [6, 6.07) is 8.31. The van der Waals surface area contributed by atoms with E-state index in [-0.39, 0.29) is 5.97 Å². The summed E-state index contributed by atoms with van der Waals surface area (Å²) in [5.74, 6) is -0.242. The average Bonchev–Trinajstić information content (AvgIpc) is 2.76. The smallest absolute Gasteiger partial charge is 0.338 e. The number of ether oxygens (including phenoxy) is 1. The highest BCUT2D eigenvalue weighted by Gasteiger charge is 2.20. The molecule has 0 bridgehead atoms. The number of benzene rings is 1. The van der Waals surface area contributed by atoms with Crippen LogP contribution in [0.3, 0.4) is 0 Å². The number of anilines is 1. The predicted octanol–water partition coefficient (Wildman–Crippen LogP) is 2.85. The molecule has 1 aromatic carbocycles. The molecule has 0 saturated carbocycles. The fourth-order valence-corrected chi connectivity index (χ4v) is 2.32. The molecule has 1 aliphatic heterocycles. The van der Waals surface area contributed by atoms with Gasteiger partial charge in [-0.05, 0) is 51.0 Å². The van der Waals surface area contributed by atoms with Crippen LogP contribution >= 0.6 is 0 Å². The standard InChI is InChI=1S/C14H19NO2/c1-3-17-14(16)12-6-8-13(9-7-12)15-10-4-5-11(15)2/h6-9,11H,3-5,10H2,1-2H3. The molecule has 0 radical (unpaired) electrons. The van der Waals surface area contributed by atoms with E-state index in [1.54, 1.807) is 0 Å². The van der Waals surface area contributed by atoms with Crippen molar-refractivity contribution in [2.75, 3.05) is 18.1 Å². The van der Waals surface area contributed by atoms with Crippen LogP contribution in [-0.4, -0.2) is 25.2 Å². The molecule has 1 unspecified atom stereocenters. The SMILES string of the molecule is CCOC(=O)c1ccc(N2CCCC2C)cc1. The molecule has 0 N–H and O–H groups in total. The molecule has 2 rings (SSSR count). The van der Waals surface area contributed by atoms with Crippen LogP contribution in [0.15, 0.2) is 24.3 Å². The lowest BCUT2D eigenvalue weighted by Gasteiger charge is -2.23. The van der Waals surface area contributed by atoms with Crippen molar-refractivity contribution >= 4 is 11.7 Å². The molecule has 0 aliphatic carbocycles. The van der Waals surface area contributed by atoms with Crippen molar-refractivity contribution in [3.63, 3.8) is 0 Å². The van der Waals surface area contributed by atoms with E-state index >= 15 is 0 Å². The van der Waals surface area contributed by atoms with E-state index in [0.29, 0.717) is 18.2 Å². The van der Waals surface area contributed by atoms with Crippen molar-refractivity contribution in [2.24, 2.45) is 0 Å². The van der Waals surface area contributed by atoms with Crippen LogP contribution in [0.2, 0.25) is 0 Å². The van der Waals surface area contributed by atoms with Gasteiger partial charge in [0, 0.05) is 18.3 Å². The second kappa shape index (κ2) is 5.21. The van der Waals surface area contributed by atoms with Gasteiger partial charge in [0.15, 0.2) is 0 Å². The Hall–Kier alpha value is -1.51. The zero-order valence-corrected chi connectivity index (χ0v) is 10.5. The summed E-state index contributed by atoms with van der Waals surface area (Å²) in [5, 5.41) is 0. The van der Waals surface area contributed by atoms with Crippen LogP contribution in [0.25, 0.3) is 0 Å². The molecule has 0 amide bonds. The summed E-state index contributed by atoms with van der Waals surface area (Å²) in [4.78, 5) is 13.9. The van der Waals surface area contributed by atoms with E-state index in [4.69, 9.17) is 4.74 Å². The quantitative estimate of drug-likeness (QED) is 0.752. The Bertz CT molecular complexity index is 386. The lowest BCUT2D eigenvalue weighted by atomic mass is 10.2. The van der Waals surface area contributed by atoms with Crippen molar-refractivity contribution in [1.29, 1.82) is 0 Å². The number of nitrogens with zero attached hydrogens (tertiary/aromatic N) is 1. The molecule has 1 aromatic rings. The van der Waals surface area contributed by atoms with Crippen LogP contribution < -0.4 is 4.90 Å². The number of carbonyl (C=O) groups is 1. The van der Waals surface area contributed by atoms with Gasteiger partial charge in [0.25, 0.3) is 0 Å². The Kier molecular flexibility index (Phi) is 3.67. The van der Waals surface area contributed by atoms with Crippen LogP contribution in [0.5, 0.6) is 0 Å². The second-order valence-corrected chi connectivity index (χ2v) is 4.45. The van der Waals surface area contributed by atoms with Gasteiger partial charge in [-0.1, -0.05) is 0 Å². The van der Waals surface area contributed by atoms with Gasteiger partial charge in [0.2, 0.25) is 0 Å². The normalized spacial score (nSPS) is 19.4. The summed E-state index contributed by atoms with van der Waals surface area (Å²) in [7, 11) is 0. The third kappa shape index (κ3) is 2.60. The molecule has 1 aliphatic rings. The van der Waals surface area contributed by atoms with E-state index < -0.39 is 0 Å². The Morgan fingerprint density at radius 3 is 2.65 bits per heavy atom. The zero-order valence-electron chi connectivity index (χ0n) is 10.5. The van der Waals surface area contributed by atoms with Gasteiger partial charge in [-0.15, -0.1) is 0 Å². The zero-order chi connectivity index (χ0) is 12.3. The predicted molar refractivity (Wildman–Crippen MR) is 68.4 cm³/mol. The minimum atomic E-state index is -0.242. The Balaban J connectivity index is 2.10. The maximum absolute atomic E-state index is 11.5. The number of rotatable bonds is 3. The maximum atomic E-state index is 11.5. The van der Waals surface area contributed by atoms with Crippen LogP contribution in [0.1, 0.15) is 37.0 Å². The first-order chi connectivity index (χ1) is 8.22. The first kappa shape index (κ1) is 12.0. The highest BCUT2D eigenvalue weighted by Crippen LogP contribution is 2.25. The number of hydrogen-bond acceptors (Lipinski definition) is 3. The van der Waals surface area contributed by atoms with Crippen molar-refractivity contribution < 1.29 is 9.53 Å². The summed E-state index contributed by atoms with van der Waals surface area (Å²) < 4.78 is 4.96.